The number of methoxy groups -OCH3 is 1. The first-order chi connectivity index (χ1) is 8.75. The van der Waals surface area contributed by atoms with E-state index in [0.717, 1.165) is 5.56 Å². The van der Waals surface area contributed by atoms with Gasteiger partial charge in [0.05, 0.1) is 7.11 Å². The Bertz CT molecular complexity index is 431. The van der Waals surface area contributed by atoms with Gasteiger partial charge in [0, 0.05) is 0 Å². The molecule has 19 heavy (non-hydrogen) atoms. The van der Waals surface area contributed by atoms with Crippen LogP contribution in [0, 0.1) is 0 Å². The summed E-state index contributed by atoms with van der Waals surface area (Å²) in [4.78, 5) is 12.0. The molecule has 0 saturated heterocycles. The molecule has 0 aliphatic carbocycles. The van der Waals surface area contributed by atoms with Crippen LogP contribution >= 0.6 is 0 Å². The minimum Gasteiger partial charge on any atom is -0.467 e. The van der Waals surface area contributed by atoms with Crippen molar-refractivity contribution in [2.24, 2.45) is 0 Å². The van der Waals surface area contributed by atoms with E-state index in [1.807, 2.05) is 26.0 Å². The number of rotatable bonds is 4. The maximum atomic E-state index is 12.0. The highest BCUT2D eigenvalue weighted by Gasteiger charge is 2.35. The molecule has 0 amide bonds. The average Bonchev–Trinajstić information content (AvgIpc) is 2.37. The van der Waals surface area contributed by atoms with Crippen LogP contribution in [0.5, 0.6) is 0 Å². The molecule has 0 spiro atoms. The van der Waals surface area contributed by atoms with E-state index >= 15 is 0 Å². The molecule has 0 radical (unpaired) electrons. The second-order valence-corrected chi connectivity index (χ2v) is 5.97. The first-order valence-electron chi connectivity index (χ1n) is 6.70. The summed E-state index contributed by atoms with van der Waals surface area (Å²) < 4.78 is 4.92. The zero-order chi connectivity index (χ0) is 14.7. The van der Waals surface area contributed by atoms with Crippen molar-refractivity contribution in [1.82, 2.24) is 5.32 Å². The Balaban J connectivity index is 3.15. The number of carbonyl (C=O) groups is 1. The average molecular weight is 263 g/mol. The Morgan fingerprint density at radius 1 is 1.11 bits per heavy atom. The molecule has 1 atom stereocenters. The third kappa shape index (κ3) is 3.35. The van der Waals surface area contributed by atoms with E-state index in [4.69, 9.17) is 4.74 Å². The second-order valence-electron chi connectivity index (χ2n) is 5.97. The molecule has 106 valence electrons. The van der Waals surface area contributed by atoms with Crippen molar-refractivity contribution in [3.05, 3.63) is 35.4 Å². The maximum Gasteiger partial charge on any atom is 0.330 e. The van der Waals surface area contributed by atoms with Crippen molar-refractivity contribution in [1.29, 1.82) is 0 Å². The topological polar surface area (TPSA) is 38.3 Å². The fourth-order valence-electron chi connectivity index (χ4n) is 2.15. The van der Waals surface area contributed by atoms with E-state index in [9.17, 15) is 4.79 Å². The molecule has 3 nitrogen and oxygen atoms in total. The molecule has 3 heteroatoms. The molecule has 1 unspecified atom stereocenters. The Labute approximate surface area is 116 Å². The molecule has 1 rings (SSSR count). The Hall–Kier alpha value is -1.35. The third-order valence-corrected chi connectivity index (χ3v) is 3.45. The van der Waals surface area contributed by atoms with E-state index in [-0.39, 0.29) is 11.4 Å². The maximum absolute atomic E-state index is 12.0. The van der Waals surface area contributed by atoms with Gasteiger partial charge in [-0.05, 0) is 30.0 Å². The van der Waals surface area contributed by atoms with Crippen LogP contribution in [0.1, 0.15) is 45.7 Å². The Morgan fingerprint density at radius 2 is 1.58 bits per heavy atom. The highest BCUT2D eigenvalue weighted by Crippen LogP contribution is 2.27. The molecule has 0 aromatic heterocycles. The lowest BCUT2D eigenvalue weighted by Crippen LogP contribution is -2.47. The molecular formula is C16H25NO2. The van der Waals surface area contributed by atoms with Crippen LogP contribution < -0.4 is 5.32 Å². The zero-order valence-electron chi connectivity index (χ0n) is 12.8. The van der Waals surface area contributed by atoms with Gasteiger partial charge in [-0.15, -0.1) is 0 Å². The molecular weight excluding hydrogens is 238 g/mol. The summed E-state index contributed by atoms with van der Waals surface area (Å²) in [6.07, 6.45) is 0. The molecule has 1 aromatic carbocycles. The van der Waals surface area contributed by atoms with Gasteiger partial charge in [0.25, 0.3) is 0 Å². The van der Waals surface area contributed by atoms with Crippen molar-refractivity contribution in [3.8, 4) is 0 Å². The standard InChI is InChI=1S/C16H25NO2/c1-7-17-16(5,14(18)19-6)13-10-8-12(9-11-13)15(2,3)4/h8-11,17H,7H2,1-6H3. The zero-order valence-corrected chi connectivity index (χ0v) is 12.8. The molecule has 1 aromatic rings. The minimum atomic E-state index is -0.792. The van der Waals surface area contributed by atoms with Gasteiger partial charge < -0.3 is 4.74 Å². The summed E-state index contributed by atoms with van der Waals surface area (Å²) >= 11 is 0. The third-order valence-electron chi connectivity index (χ3n) is 3.45. The van der Waals surface area contributed by atoms with Gasteiger partial charge >= 0.3 is 5.97 Å². The van der Waals surface area contributed by atoms with Crippen molar-refractivity contribution >= 4 is 5.97 Å². The molecule has 1 N–H and O–H groups in total. The lowest BCUT2D eigenvalue weighted by atomic mass is 9.84. The molecule has 0 aliphatic rings. The number of ether oxygens (including phenoxy) is 1. The van der Waals surface area contributed by atoms with Crippen LogP contribution in [0.25, 0.3) is 0 Å². The first-order valence-corrected chi connectivity index (χ1v) is 6.70. The predicted molar refractivity (Wildman–Crippen MR) is 78.2 cm³/mol. The van der Waals surface area contributed by atoms with Crippen molar-refractivity contribution in [3.63, 3.8) is 0 Å². The molecule has 0 saturated carbocycles. The molecule has 0 aliphatic heterocycles. The van der Waals surface area contributed by atoms with Gasteiger partial charge in [-0.25, -0.2) is 4.79 Å². The monoisotopic (exact) mass is 263 g/mol. The lowest BCUT2D eigenvalue weighted by molar-refractivity contribution is -0.148. The Morgan fingerprint density at radius 3 is 1.95 bits per heavy atom. The number of benzene rings is 1. The van der Waals surface area contributed by atoms with E-state index in [0.29, 0.717) is 6.54 Å². The van der Waals surface area contributed by atoms with Crippen LogP contribution in [0.4, 0.5) is 0 Å². The number of hydrogen-bond donors (Lipinski definition) is 1. The quantitative estimate of drug-likeness (QED) is 0.849. The smallest absolute Gasteiger partial charge is 0.330 e. The number of esters is 1. The highest BCUT2D eigenvalue weighted by atomic mass is 16.5. The summed E-state index contributed by atoms with van der Waals surface area (Å²) in [7, 11) is 1.42. The van der Waals surface area contributed by atoms with Gasteiger partial charge in [0.1, 0.15) is 5.54 Å². The lowest BCUT2D eigenvalue weighted by Gasteiger charge is -2.29. The van der Waals surface area contributed by atoms with Crippen LogP contribution in [0.2, 0.25) is 0 Å². The normalized spacial score (nSPS) is 14.8. The number of hydrogen-bond acceptors (Lipinski definition) is 3. The van der Waals surface area contributed by atoms with Gasteiger partial charge in [0.15, 0.2) is 0 Å². The number of likely N-dealkylation sites (N-methyl/N-ethyl adjacent to an activating group) is 1. The fourth-order valence-corrected chi connectivity index (χ4v) is 2.15. The summed E-state index contributed by atoms with van der Waals surface area (Å²) in [5.41, 5.74) is 1.49. The van der Waals surface area contributed by atoms with Crippen LogP contribution in [0.15, 0.2) is 24.3 Å². The van der Waals surface area contributed by atoms with Crippen LogP contribution in [-0.4, -0.2) is 19.6 Å². The molecule has 0 fully saturated rings. The molecule has 0 heterocycles. The van der Waals surface area contributed by atoms with Crippen molar-refractivity contribution in [2.45, 2.75) is 45.6 Å². The van der Waals surface area contributed by atoms with Crippen LogP contribution in [-0.2, 0) is 20.5 Å². The number of nitrogens with one attached hydrogen (secondary N) is 1. The largest absolute Gasteiger partial charge is 0.467 e. The Kier molecular flexibility index (Phi) is 4.75. The highest BCUT2D eigenvalue weighted by molar-refractivity contribution is 5.82. The predicted octanol–water partition coefficient (Wildman–Crippen LogP) is 2.98. The summed E-state index contributed by atoms with van der Waals surface area (Å²) in [6.45, 7) is 11.1. The van der Waals surface area contributed by atoms with Crippen LogP contribution in [0.3, 0.4) is 0 Å². The van der Waals surface area contributed by atoms with Gasteiger partial charge in [0.2, 0.25) is 0 Å². The summed E-state index contributed by atoms with van der Waals surface area (Å²) in [5.74, 6) is -0.266. The van der Waals surface area contributed by atoms with Gasteiger partial charge in [-0.2, -0.15) is 0 Å². The summed E-state index contributed by atoms with van der Waals surface area (Å²) in [6, 6.07) is 8.15. The van der Waals surface area contributed by atoms with Crippen molar-refractivity contribution < 1.29 is 9.53 Å². The second kappa shape index (κ2) is 5.74. The SMILES string of the molecule is CCNC(C)(C(=O)OC)c1ccc(C(C)(C)C)cc1. The van der Waals surface area contributed by atoms with Crippen molar-refractivity contribution in [2.75, 3.05) is 13.7 Å². The van der Waals surface area contributed by atoms with Gasteiger partial charge in [-0.1, -0.05) is 52.0 Å². The van der Waals surface area contributed by atoms with E-state index in [2.05, 4.69) is 38.2 Å². The molecule has 0 bridgehead atoms. The summed E-state index contributed by atoms with van der Waals surface area (Å²) in [5, 5.41) is 3.21. The minimum absolute atomic E-state index is 0.110. The van der Waals surface area contributed by atoms with E-state index in [1.165, 1.54) is 12.7 Å². The van der Waals surface area contributed by atoms with E-state index < -0.39 is 5.54 Å². The van der Waals surface area contributed by atoms with E-state index in [1.54, 1.807) is 0 Å². The van der Waals surface area contributed by atoms with Gasteiger partial charge in [-0.3, -0.25) is 5.32 Å². The first kappa shape index (κ1) is 15.7. The number of carbonyl (C=O) groups excluding carboxylic acids is 1. The fraction of sp³-hybridized carbons (Fsp3) is 0.562.